The van der Waals surface area contributed by atoms with Crippen molar-refractivity contribution in [2.75, 3.05) is 0 Å². The Morgan fingerprint density at radius 1 is 1.14 bits per heavy atom. The lowest BCUT2D eigenvalue weighted by Crippen LogP contribution is -1.93. The molecule has 0 atom stereocenters. The number of benzene rings is 2. The van der Waals surface area contributed by atoms with Gasteiger partial charge in [0.1, 0.15) is 17.2 Å². The predicted octanol–water partition coefficient (Wildman–Crippen LogP) is 3.64. The molecule has 0 aliphatic heterocycles. The van der Waals surface area contributed by atoms with Gasteiger partial charge in [-0.1, -0.05) is 6.07 Å². The highest BCUT2D eigenvalue weighted by atomic mass is 16.6. The minimum Gasteiger partial charge on any atom is -0.508 e. The van der Waals surface area contributed by atoms with Gasteiger partial charge in [0.15, 0.2) is 5.52 Å². The summed E-state index contributed by atoms with van der Waals surface area (Å²) in [4.78, 5) is 14.6. The Morgan fingerprint density at radius 3 is 2.76 bits per heavy atom. The molecule has 3 aromatic rings. The monoisotopic (exact) mass is 282 g/mol. The molecule has 0 spiro atoms. The minimum atomic E-state index is -0.479. The van der Waals surface area contributed by atoms with Crippen LogP contribution in [-0.4, -0.2) is 15.0 Å². The number of hydrogen-bond donors (Lipinski definition) is 1. The standard InChI is InChI=1S/C15H10N2O4/c18-10-3-1-4-11(9-10)21-14-7-6-13(17(19)20)15-12(14)5-2-8-16-15/h1-9,18H. The van der Waals surface area contributed by atoms with Gasteiger partial charge >= 0.3 is 0 Å². The van der Waals surface area contributed by atoms with Gasteiger partial charge in [-0.05, 0) is 30.3 Å². The second-order valence-electron chi connectivity index (χ2n) is 4.34. The highest BCUT2D eigenvalue weighted by Gasteiger charge is 2.16. The van der Waals surface area contributed by atoms with Crippen molar-refractivity contribution in [1.82, 2.24) is 4.98 Å². The van der Waals surface area contributed by atoms with Gasteiger partial charge < -0.3 is 9.84 Å². The van der Waals surface area contributed by atoms with E-state index in [-0.39, 0.29) is 17.0 Å². The van der Waals surface area contributed by atoms with E-state index in [0.29, 0.717) is 16.9 Å². The third kappa shape index (κ3) is 2.46. The molecule has 0 unspecified atom stereocenters. The van der Waals surface area contributed by atoms with Crippen LogP contribution in [0.15, 0.2) is 54.7 Å². The fourth-order valence-electron chi connectivity index (χ4n) is 2.04. The Kier molecular flexibility index (Phi) is 3.12. The number of ether oxygens (including phenoxy) is 1. The Labute approximate surface area is 119 Å². The van der Waals surface area contributed by atoms with Crippen LogP contribution in [0, 0.1) is 10.1 Å². The Bertz CT molecular complexity index is 833. The summed E-state index contributed by atoms with van der Waals surface area (Å²) in [6.45, 7) is 0. The number of hydrogen-bond acceptors (Lipinski definition) is 5. The summed E-state index contributed by atoms with van der Waals surface area (Å²) in [5.41, 5.74) is 0.189. The van der Waals surface area contributed by atoms with Crippen molar-refractivity contribution in [1.29, 1.82) is 0 Å². The Morgan fingerprint density at radius 2 is 2.00 bits per heavy atom. The average Bonchev–Trinajstić information content (AvgIpc) is 2.47. The van der Waals surface area contributed by atoms with Crippen LogP contribution in [0.3, 0.4) is 0 Å². The Balaban J connectivity index is 2.12. The summed E-state index contributed by atoms with van der Waals surface area (Å²) < 4.78 is 5.68. The third-order valence-electron chi connectivity index (χ3n) is 2.95. The zero-order chi connectivity index (χ0) is 14.8. The molecule has 1 heterocycles. The van der Waals surface area contributed by atoms with Gasteiger partial charge in [0.25, 0.3) is 5.69 Å². The fourth-order valence-corrected chi connectivity index (χ4v) is 2.04. The van der Waals surface area contributed by atoms with Crippen LogP contribution in [0.5, 0.6) is 17.2 Å². The quantitative estimate of drug-likeness (QED) is 0.585. The minimum absolute atomic E-state index is 0.0751. The zero-order valence-corrected chi connectivity index (χ0v) is 10.8. The number of fused-ring (bicyclic) bond motifs is 1. The molecule has 0 bridgehead atoms. The van der Waals surface area contributed by atoms with Crippen LogP contribution in [0.25, 0.3) is 10.9 Å². The van der Waals surface area contributed by atoms with E-state index >= 15 is 0 Å². The van der Waals surface area contributed by atoms with E-state index in [4.69, 9.17) is 4.74 Å². The third-order valence-corrected chi connectivity index (χ3v) is 2.95. The normalized spacial score (nSPS) is 10.5. The van der Waals surface area contributed by atoms with Crippen LogP contribution in [0.1, 0.15) is 0 Å². The first kappa shape index (κ1) is 12.9. The largest absolute Gasteiger partial charge is 0.508 e. The molecule has 1 aromatic heterocycles. The average molecular weight is 282 g/mol. The number of aromatic hydroxyl groups is 1. The van der Waals surface area contributed by atoms with Gasteiger partial charge in [-0.3, -0.25) is 10.1 Å². The lowest BCUT2D eigenvalue weighted by molar-refractivity contribution is -0.383. The number of phenolic OH excluding ortho intramolecular Hbond substituents is 1. The van der Waals surface area contributed by atoms with Gasteiger partial charge in [0.05, 0.1) is 4.92 Å². The van der Waals surface area contributed by atoms with Gasteiger partial charge in [-0.2, -0.15) is 0 Å². The first-order valence-electron chi connectivity index (χ1n) is 6.14. The number of nitro benzene ring substituents is 1. The van der Waals surface area contributed by atoms with Crippen LogP contribution >= 0.6 is 0 Å². The fraction of sp³-hybridized carbons (Fsp3) is 0. The maximum Gasteiger partial charge on any atom is 0.295 e. The molecule has 0 amide bonds. The summed E-state index contributed by atoms with van der Waals surface area (Å²) in [5.74, 6) is 0.958. The van der Waals surface area contributed by atoms with E-state index in [1.54, 1.807) is 24.3 Å². The van der Waals surface area contributed by atoms with Crippen LogP contribution in [0.4, 0.5) is 5.69 Å². The van der Waals surface area contributed by atoms with Gasteiger partial charge in [0, 0.05) is 23.7 Å². The van der Waals surface area contributed by atoms with Crippen molar-refractivity contribution in [3.8, 4) is 17.2 Å². The first-order valence-corrected chi connectivity index (χ1v) is 6.14. The van der Waals surface area contributed by atoms with Gasteiger partial charge in [-0.15, -0.1) is 0 Å². The van der Waals surface area contributed by atoms with Crippen molar-refractivity contribution < 1.29 is 14.8 Å². The van der Waals surface area contributed by atoms with Crippen molar-refractivity contribution in [3.63, 3.8) is 0 Å². The molecular weight excluding hydrogens is 272 g/mol. The maximum atomic E-state index is 11.0. The summed E-state index contributed by atoms with van der Waals surface area (Å²) in [5, 5.41) is 21.0. The second kappa shape index (κ2) is 5.09. The van der Waals surface area contributed by atoms with Crippen molar-refractivity contribution in [2.24, 2.45) is 0 Å². The molecule has 3 rings (SSSR count). The molecule has 6 nitrogen and oxygen atoms in total. The van der Waals surface area contributed by atoms with Crippen LogP contribution in [0.2, 0.25) is 0 Å². The Hall–Kier alpha value is -3.15. The van der Waals surface area contributed by atoms with Crippen molar-refractivity contribution >= 4 is 16.6 Å². The molecule has 0 aliphatic carbocycles. The second-order valence-corrected chi connectivity index (χ2v) is 4.34. The lowest BCUT2D eigenvalue weighted by Gasteiger charge is -2.09. The number of nitrogens with zero attached hydrogens (tertiary/aromatic N) is 2. The molecule has 0 saturated heterocycles. The predicted molar refractivity (Wildman–Crippen MR) is 76.6 cm³/mol. The smallest absolute Gasteiger partial charge is 0.295 e. The summed E-state index contributed by atoms with van der Waals surface area (Å²) in [7, 11) is 0. The molecule has 0 fully saturated rings. The van der Waals surface area contributed by atoms with Crippen LogP contribution < -0.4 is 4.74 Å². The molecule has 6 heteroatoms. The first-order chi connectivity index (χ1) is 10.1. The van der Waals surface area contributed by atoms with E-state index < -0.39 is 4.92 Å². The number of nitro groups is 1. The van der Waals surface area contributed by atoms with E-state index in [2.05, 4.69) is 4.98 Å². The highest BCUT2D eigenvalue weighted by Crippen LogP contribution is 2.34. The number of phenols is 1. The molecule has 0 saturated carbocycles. The van der Waals surface area contributed by atoms with Crippen molar-refractivity contribution in [3.05, 3.63) is 64.8 Å². The highest BCUT2D eigenvalue weighted by molar-refractivity contribution is 5.92. The SMILES string of the molecule is O=[N+]([O-])c1ccc(Oc2cccc(O)c2)c2cccnc12. The van der Waals surface area contributed by atoms with Gasteiger partial charge in [0.2, 0.25) is 0 Å². The molecule has 21 heavy (non-hydrogen) atoms. The zero-order valence-electron chi connectivity index (χ0n) is 10.8. The molecule has 1 N–H and O–H groups in total. The van der Waals surface area contributed by atoms with Crippen molar-refractivity contribution in [2.45, 2.75) is 0 Å². The van der Waals surface area contributed by atoms with Crippen LogP contribution in [-0.2, 0) is 0 Å². The van der Waals surface area contributed by atoms with E-state index in [0.717, 1.165) is 0 Å². The van der Waals surface area contributed by atoms with E-state index in [1.807, 2.05) is 0 Å². The van der Waals surface area contributed by atoms with E-state index in [9.17, 15) is 15.2 Å². The molecule has 0 radical (unpaired) electrons. The number of non-ortho nitro benzene ring substituents is 1. The van der Waals surface area contributed by atoms with E-state index in [1.165, 1.54) is 30.5 Å². The maximum absolute atomic E-state index is 11.0. The number of rotatable bonds is 3. The lowest BCUT2D eigenvalue weighted by atomic mass is 10.1. The summed E-state index contributed by atoms with van der Waals surface area (Å²) in [6, 6.07) is 12.6. The molecule has 0 aliphatic rings. The summed E-state index contributed by atoms with van der Waals surface area (Å²) in [6.07, 6.45) is 1.49. The van der Waals surface area contributed by atoms with Gasteiger partial charge in [-0.25, -0.2) is 4.98 Å². The molecular formula is C15H10N2O4. The summed E-state index contributed by atoms with van der Waals surface area (Å²) >= 11 is 0. The topological polar surface area (TPSA) is 85.5 Å². The number of pyridine rings is 1. The number of aromatic nitrogens is 1. The molecule has 2 aromatic carbocycles. The molecule has 104 valence electrons.